The van der Waals surface area contributed by atoms with Crippen molar-refractivity contribution in [2.75, 3.05) is 13.1 Å². The minimum atomic E-state index is -3.42. The average molecular weight is 410 g/mol. The lowest BCUT2D eigenvalue weighted by molar-refractivity contribution is 0.311. The van der Waals surface area contributed by atoms with Crippen molar-refractivity contribution in [2.45, 2.75) is 57.3 Å². The molecule has 2 aliphatic rings. The average Bonchev–Trinajstić information content (AvgIpc) is 3.13. The number of hydrogen-bond acceptors (Lipinski definition) is 2. The Morgan fingerprint density at radius 3 is 2.24 bits per heavy atom. The first-order chi connectivity index (χ1) is 13.7. The van der Waals surface area contributed by atoms with E-state index in [0.717, 1.165) is 24.8 Å². The summed E-state index contributed by atoms with van der Waals surface area (Å²) in [5.41, 5.74) is 6.77. The molecule has 1 fully saturated rings. The van der Waals surface area contributed by atoms with Gasteiger partial charge in [0.2, 0.25) is 10.0 Å². The third-order valence-corrected chi connectivity index (χ3v) is 8.41. The zero-order chi connectivity index (χ0) is 20.8. The third kappa shape index (κ3) is 3.80. The first-order valence-corrected chi connectivity index (χ1v) is 12.0. The molecular weight excluding hydrogens is 378 g/mol. The summed E-state index contributed by atoms with van der Waals surface area (Å²) in [5, 5.41) is 0. The second-order valence-electron chi connectivity index (χ2n) is 9.42. The molecule has 2 aromatic rings. The fraction of sp³-hybridized carbons (Fsp3) is 0.440. The van der Waals surface area contributed by atoms with Gasteiger partial charge in [0, 0.05) is 13.1 Å². The van der Waals surface area contributed by atoms with Gasteiger partial charge in [0.15, 0.2) is 0 Å². The Morgan fingerprint density at radius 1 is 0.966 bits per heavy atom. The minimum absolute atomic E-state index is 0.0181. The predicted octanol–water partition coefficient (Wildman–Crippen LogP) is 5.33. The molecule has 1 aliphatic carbocycles. The number of allylic oxidation sites excluding steroid dienone is 2. The molecule has 0 radical (unpaired) electrons. The Labute approximate surface area is 175 Å². The number of benzene rings is 2. The van der Waals surface area contributed by atoms with E-state index in [1.165, 1.54) is 22.3 Å². The molecule has 0 unspecified atom stereocenters. The zero-order valence-electron chi connectivity index (χ0n) is 17.9. The van der Waals surface area contributed by atoms with Crippen molar-refractivity contribution in [1.29, 1.82) is 0 Å². The van der Waals surface area contributed by atoms with Crippen molar-refractivity contribution in [1.82, 2.24) is 4.31 Å². The molecule has 0 N–H and O–H groups in total. The zero-order valence-corrected chi connectivity index (χ0v) is 18.7. The lowest BCUT2D eigenvalue weighted by Gasteiger charge is -2.32. The standard InChI is InChI=1S/C25H31NO2S/c1-18-6-5-7-24-22(18)12-13-23(24)19-14-16-26(17-15-19)29(27,28)21-10-8-20(9-11-21)25(2,3)4/h5-11,13,19H,12,14-17H2,1-4H3. The molecular formula is C25H31NO2S. The Morgan fingerprint density at radius 2 is 1.62 bits per heavy atom. The number of rotatable bonds is 3. The van der Waals surface area contributed by atoms with Crippen LogP contribution in [0.1, 0.15) is 55.9 Å². The van der Waals surface area contributed by atoms with Gasteiger partial charge < -0.3 is 0 Å². The highest BCUT2D eigenvalue weighted by molar-refractivity contribution is 7.89. The van der Waals surface area contributed by atoms with E-state index in [9.17, 15) is 8.42 Å². The van der Waals surface area contributed by atoms with Crippen LogP contribution in [0.3, 0.4) is 0 Å². The van der Waals surface area contributed by atoms with Gasteiger partial charge in [0.25, 0.3) is 0 Å². The number of piperidine rings is 1. The van der Waals surface area contributed by atoms with Crippen molar-refractivity contribution in [2.24, 2.45) is 5.92 Å². The summed E-state index contributed by atoms with van der Waals surface area (Å²) in [4.78, 5) is 0.407. The molecule has 0 atom stereocenters. The van der Waals surface area contributed by atoms with Gasteiger partial charge in [-0.3, -0.25) is 0 Å². The summed E-state index contributed by atoms with van der Waals surface area (Å²) in [6.07, 6.45) is 5.14. The van der Waals surface area contributed by atoms with Crippen LogP contribution in [0.5, 0.6) is 0 Å². The van der Waals surface area contributed by atoms with Crippen molar-refractivity contribution in [3.8, 4) is 0 Å². The molecule has 4 rings (SSSR count). The number of sulfonamides is 1. The smallest absolute Gasteiger partial charge is 0.207 e. The van der Waals surface area contributed by atoms with Gasteiger partial charge in [0.05, 0.1) is 4.90 Å². The summed E-state index contributed by atoms with van der Waals surface area (Å²) >= 11 is 0. The summed E-state index contributed by atoms with van der Waals surface area (Å²) in [7, 11) is -3.42. The van der Waals surface area contributed by atoms with E-state index < -0.39 is 10.0 Å². The Hall–Kier alpha value is -1.91. The van der Waals surface area contributed by atoms with Crippen LogP contribution in [0.25, 0.3) is 5.57 Å². The van der Waals surface area contributed by atoms with E-state index in [1.807, 2.05) is 12.1 Å². The maximum absolute atomic E-state index is 13.1. The molecule has 1 heterocycles. The number of nitrogens with zero attached hydrogens (tertiary/aromatic N) is 1. The Balaban J connectivity index is 1.47. The Bertz CT molecular complexity index is 1040. The predicted molar refractivity (Wildman–Crippen MR) is 119 cm³/mol. The van der Waals surface area contributed by atoms with E-state index in [2.05, 4.69) is 52.0 Å². The lowest BCUT2D eigenvalue weighted by atomic mass is 9.86. The van der Waals surface area contributed by atoms with Crippen LogP contribution in [0.15, 0.2) is 53.4 Å². The fourth-order valence-corrected chi connectivity index (χ4v) is 6.11. The van der Waals surface area contributed by atoms with E-state index >= 15 is 0 Å². The highest BCUT2D eigenvalue weighted by Gasteiger charge is 2.32. The monoisotopic (exact) mass is 409 g/mol. The second kappa shape index (κ2) is 7.41. The molecule has 0 saturated carbocycles. The van der Waals surface area contributed by atoms with Gasteiger partial charge >= 0.3 is 0 Å². The summed E-state index contributed by atoms with van der Waals surface area (Å²) in [5.74, 6) is 0.452. The molecule has 1 saturated heterocycles. The Kier molecular flexibility index (Phi) is 5.20. The van der Waals surface area contributed by atoms with Gasteiger partial charge in [-0.05, 0) is 77.5 Å². The number of fused-ring (bicyclic) bond motifs is 1. The molecule has 1 aliphatic heterocycles. The summed E-state index contributed by atoms with van der Waals surface area (Å²) < 4.78 is 27.9. The first-order valence-electron chi connectivity index (χ1n) is 10.6. The molecule has 29 heavy (non-hydrogen) atoms. The highest BCUT2D eigenvalue weighted by Crippen LogP contribution is 2.39. The lowest BCUT2D eigenvalue weighted by Crippen LogP contribution is -2.38. The molecule has 2 aromatic carbocycles. The SMILES string of the molecule is Cc1cccc2c1CC=C2C1CCN(S(=O)(=O)c2ccc(C(C)(C)C)cc2)CC1. The van der Waals surface area contributed by atoms with Crippen LogP contribution < -0.4 is 0 Å². The van der Waals surface area contributed by atoms with Crippen LogP contribution in [-0.4, -0.2) is 25.8 Å². The molecule has 0 amide bonds. The van der Waals surface area contributed by atoms with Gasteiger partial charge in [0.1, 0.15) is 0 Å². The van der Waals surface area contributed by atoms with Gasteiger partial charge in [-0.25, -0.2) is 8.42 Å². The third-order valence-electron chi connectivity index (χ3n) is 6.50. The van der Waals surface area contributed by atoms with E-state index in [0.29, 0.717) is 23.9 Å². The molecule has 4 heteroatoms. The van der Waals surface area contributed by atoms with Crippen molar-refractivity contribution < 1.29 is 8.42 Å². The highest BCUT2D eigenvalue weighted by atomic mass is 32.2. The van der Waals surface area contributed by atoms with E-state index in [4.69, 9.17) is 0 Å². The summed E-state index contributed by atoms with van der Waals surface area (Å²) in [6.45, 7) is 9.77. The van der Waals surface area contributed by atoms with Gasteiger partial charge in [-0.15, -0.1) is 0 Å². The topological polar surface area (TPSA) is 37.4 Å². The number of aryl methyl sites for hydroxylation is 1. The van der Waals surface area contributed by atoms with Crippen LogP contribution in [0, 0.1) is 12.8 Å². The van der Waals surface area contributed by atoms with Gasteiger partial charge in [-0.1, -0.05) is 57.2 Å². The molecule has 154 valence electrons. The van der Waals surface area contributed by atoms with Crippen LogP contribution in [-0.2, 0) is 21.9 Å². The largest absolute Gasteiger partial charge is 0.243 e. The van der Waals surface area contributed by atoms with Crippen molar-refractivity contribution >= 4 is 15.6 Å². The fourth-order valence-electron chi connectivity index (χ4n) is 4.64. The van der Waals surface area contributed by atoms with Crippen LogP contribution >= 0.6 is 0 Å². The number of hydrogen-bond donors (Lipinski definition) is 0. The van der Waals surface area contributed by atoms with Crippen molar-refractivity contribution in [3.05, 3.63) is 70.8 Å². The summed E-state index contributed by atoms with van der Waals surface area (Å²) in [6, 6.07) is 14.0. The quantitative estimate of drug-likeness (QED) is 0.687. The maximum Gasteiger partial charge on any atom is 0.243 e. The van der Waals surface area contributed by atoms with E-state index in [-0.39, 0.29) is 5.41 Å². The molecule has 0 spiro atoms. The van der Waals surface area contributed by atoms with Gasteiger partial charge in [-0.2, -0.15) is 4.31 Å². The van der Waals surface area contributed by atoms with Crippen LogP contribution in [0.4, 0.5) is 0 Å². The first kappa shape index (κ1) is 20.4. The van der Waals surface area contributed by atoms with Crippen LogP contribution in [0.2, 0.25) is 0 Å². The normalized spacial score (nSPS) is 18.6. The van der Waals surface area contributed by atoms with Crippen molar-refractivity contribution in [3.63, 3.8) is 0 Å². The minimum Gasteiger partial charge on any atom is -0.207 e. The van der Waals surface area contributed by atoms with E-state index in [1.54, 1.807) is 16.4 Å². The molecule has 0 bridgehead atoms. The molecule has 0 aromatic heterocycles. The maximum atomic E-state index is 13.1. The second-order valence-corrected chi connectivity index (χ2v) is 11.4. The molecule has 3 nitrogen and oxygen atoms in total.